The van der Waals surface area contributed by atoms with Crippen molar-refractivity contribution in [1.29, 1.82) is 0 Å². The van der Waals surface area contributed by atoms with Crippen molar-refractivity contribution in [2.75, 3.05) is 5.32 Å². The molecule has 0 saturated heterocycles. The zero-order valence-corrected chi connectivity index (χ0v) is 12.7. The summed E-state index contributed by atoms with van der Waals surface area (Å²) < 4.78 is 0. The Bertz CT molecular complexity index is 893. The Balaban J connectivity index is 2.38. The Labute approximate surface area is 139 Å². The molecule has 2 aromatic rings. The van der Waals surface area contributed by atoms with Crippen LogP contribution in [0.25, 0.3) is 0 Å². The number of non-ortho nitro benzene ring substituents is 2. The minimum absolute atomic E-state index is 0.0471. The molecule has 11 heteroatoms. The Kier molecular flexibility index (Phi) is 4.68. The predicted molar refractivity (Wildman–Crippen MR) is 85.5 cm³/mol. The molecule has 11 nitrogen and oxygen atoms in total. The molecule has 0 radical (unpaired) electrons. The average Bonchev–Trinajstić information content (AvgIpc) is 2.56. The SMILES string of the molecule is Cc1c(NC(=O)c2ccc([N+](=O)[O-])cc2)cc([N+](=O)[O-])cc1[N+](=O)[O-]. The lowest BCUT2D eigenvalue weighted by Crippen LogP contribution is -2.13. The maximum absolute atomic E-state index is 12.2. The number of carbonyl (C=O) groups is 1. The number of anilines is 1. The Hall–Kier alpha value is -3.89. The van der Waals surface area contributed by atoms with Gasteiger partial charge in [-0.05, 0) is 19.1 Å². The van der Waals surface area contributed by atoms with Gasteiger partial charge in [-0.1, -0.05) is 0 Å². The summed E-state index contributed by atoms with van der Waals surface area (Å²) in [6.07, 6.45) is 0. The van der Waals surface area contributed by atoms with Crippen molar-refractivity contribution in [1.82, 2.24) is 0 Å². The maximum Gasteiger partial charge on any atom is 0.281 e. The van der Waals surface area contributed by atoms with Gasteiger partial charge in [0.25, 0.3) is 23.0 Å². The van der Waals surface area contributed by atoms with E-state index in [9.17, 15) is 35.1 Å². The van der Waals surface area contributed by atoms with Gasteiger partial charge in [0.05, 0.1) is 32.1 Å². The van der Waals surface area contributed by atoms with Gasteiger partial charge in [-0.3, -0.25) is 35.1 Å². The lowest BCUT2D eigenvalue weighted by Gasteiger charge is -2.09. The number of carbonyl (C=O) groups excluding carboxylic acids is 1. The number of nitro benzene ring substituents is 3. The van der Waals surface area contributed by atoms with Gasteiger partial charge in [0.2, 0.25) is 0 Å². The Morgan fingerprint density at radius 2 is 1.44 bits per heavy atom. The highest BCUT2D eigenvalue weighted by molar-refractivity contribution is 6.05. The molecule has 0 spiro atoms. The smallest absolute Gasteiger partial charge is 0.281 e. The standard InChI is InChI=1S/C14H10N4O7/c1-8-12(6-11(17(22)23)7-13(8)18(24)25)15-14(19)9-2-4-10(5-3-9)16(20)21/h2-7H,1H3,(H,15,19). The van der Waals surface area contributed by atoms with Crippen LogP contribution in [0.4, 0.5) is 22.7 Å². The molecule has 0 unspecified atom stereocenters. The quantitative estimate of drug-likeness (QED) is 0.643. The second-order valence-corrected chi connectivity index (χ2v) is 4.91. The molecule has 0 bridgehead atoms. The third-order valence-electron chi connectivity index (χ3n) is 3.36. The number of nitro groups is 3. The summed E-state index contributed by atoms with van der Waals surface area (Å²) in [5.41, 5.74) is -1.25. The largest absolute Gasteiger partial charge is 0.321 e. The van der Waals surface area contributed by atoms with Crippen LogP contribution in [0.5, 0.6) is 0 Å². The van der Waals surface area contributed by atoms with Gasteiger partial charge in [-0.25, -0.2) is 0 Å². The molecule has 0 atom stereocenters. The fourth-order valence-corrected chi connectivity index (χ4v) is 2.04. The molecule has 2 aromatic carbocycles. The first-order valence-electron chi connectivity index (χ1n) is 6.70. The second kappa shape index (κ2) is 6.70. The molecule has 1 N–H and O–H groups in total. The molecule has 1 amide bonds. The number of amides is 1. The first-order chi connectivity index (χ1) is 11.7. The van der Waals surface area contributed by atoms with E-state index in [0.29, 0.717) is 0 Å². The molecule has 25 heavy (non-hydrogen) atoms. The van der Waals surface area contributed by atoms with Crippen molar-refractivity contribution in [3.05, 3.63) is 77.9 Å². The van der Waals surface area contributed by atoms with Crippen LogP contribution in [-0.4, -0.2) is 20.7 Å². The first kappa shape index (κ1) is 17.5. The Morgan fingerprint density at radius 1 is 0.880 bits per heavy atom. The fourth-order valence-electron chi connectivity index (χ4n) is 2.04. The van der Waals surface area contributed by atoms with Crippen molar-refractivity contribution in [3.8, 4) is 0 Å². The van der Waals surface area contributed by atoms with E-state index in [1.54, 1.807) is 0 Å². The third-order valence-corrected chi connectivity index (χ3v) is 3.36. The van der Waals surface area contributed by atoms with E-state index in [4.69, 9.17) is 0 Å². The molecule has 0 aliphatic heterocycles. The molecule has 2 rings (SSSR count). The van der Waals surface area contributed by atoms with Crippen molar-refractivity contribution in [2.24, 2.45) is 0 Å². The van der Waals surface area contributed by atoms with Crippen LogP contribution in [-0.2, 0) is 0 Å². The minimum Gasteiger partial charge on any atom is -0.321 e. The molecule has 0 saturated carbocycles. The summed E-state index contributed by atoms with van der Waals surface area (Å²) in [7, 11) is 0. The predicted octanol–water partition coefficient (Wildman–Crippen LogP) is 2.97. The van der Waals surface area contributed by atoms with E-state index in [2.05, 4.69) is 5.32 Å². The number of nitrogens with zero attached hydrogens (tertiary/aromatic N) is 3. The van der Waals surface area contributed by atoms with E-state index >= 15 is 0 Å². The van der Waals surface area contributed by atoms with Crippen molar-refractivity contribution in [3.63, 3.8) is 0 Å². The highest BCUT2D eigenvalue weighted by atomic mass is 16.6. The number of rotatable bonds is 5. The van der Waals surface area contributed by atoms with Crippen LogP contribution in [0.1, 0.15) is 15.9 Å². The van der Waals surface area contributed by atoms with E-state index in [1.165, 1.54) is 19.1 Å². The van der Waals surface area contributed by atoms with E-state index in [-0.39, 0.29) is 22.5 Å². The monoisotopic (exact) mass is 346 g/mol. The molecule has 0 aromatic heterocycles. The summed E-state index contributed by atoms with van der Waals surface area (Å²) in [6, 6.07) is 6.46. The maximum atomic E-state index is 12.2. The van der Waals surface area contributed by atoms with E-state index < -0.39 is 32.1 Å². The summed E-state index contributed by atoms with van der Waals surface area (Å²) >= 11 is 0. The van der Waals surface area contributed by atoms with Crippen LogP contribution in [0.3, 0.4) is 0 Å². The molecule has 0 aliphatic rings. The van der Waals surface area contributed by atoms with E-state index in [1.807, 2.05) is 0 Å². The number of hydrogen-bond donors (Lipinski definition) is 1. The molecule has 0 aliphatic carbocycles. The lowest BCUT2D eigenvalue weighted by molar-refractivity contribution is -0.394. The number of nitrogens with one attached hydrogen (secondary N) is 1. The molecule has 128 valence electrons. The summed E-state index contributed by atoms with van der Waals surface area (Å²) in [5, 5.41) is 34.9. The average molecular weight is 346 g/mol. The number of hydrogen-bond acceptors (Lipinski definition) is 7. The fraction of sp³-hybridized carbons (Fsp3) is 0.0714. The van der Waals surface area contributed by atoms with Crippen LogP contribution < -0.4 is 5.32 Å². The van der Waals surface area contributed by atoms with Crippen LogP contribution in [0, 0.1) is 37.3 Å². The minimum atomic E-state index is -0.812. The van der Waals surface area contributed by atoms with Crippen molar-refractivity contribution in [2.45, 2.75) is 6.92 Å². The normalized spacial score (nSPS) is 10.1. The topological polar surface area (TPSA) is 159 Å². The summed E-state index contributed by atoms with van der Waals surface area (Å²) in [5.74, 6) is -0.715. The second-order valence-electron chi connectivity index (χ2n) is 4.91. The summed E-state index contributed by atoms with van der Waals surface area (Å²) in [4.78, 5) is 42.5. The van der Waals surface area contributed by atoms with Crippen LogP contribution in [0.15, 0.2) is 36.4 Å². The van der Waals surface area contributed by atoms with Crippen LogP contribution >= 0.6 is 0 Å². The molecule has 0 fully saturated rings. The van der Waals surface area contributed by atoms with Gasteiger partial charge in [0.15, 0.2) is 0 Å². The highest BCUT2D eigenvalue weighted by Gasteiger charge is 2.22. The summed E-state index contributed by atoms with van der Waals surface area (Å²) in [6.45, 7) is 1.34. The third kappa shape index (κ3) is 3.72. The van der Waals surface area contributed by atoms with Gasteiger partial charge in [0.1, 0.15) is 0 Å². The highest BCUT2D eigenvalue weighted by Crippen LogP contribution is 2.31. The van der Waals surface area contributed by atoms with Crippen molar-refractivity contribution >= 4 is 28.7 Å². The van der Waals surface area contributed by atoms with Gasteiger partial charge >= 0.3 is 0 Å². The lowest BCUT2D eigenvalue weighted by atomic mass is 10.1. The van der Waals surface area contributed by atoms with Gasteiger partial charge < -0.3 is 5.32 Å². The Morgan fingerprint density at radius 3 is 1.92 bits per heavy atom. The molecular weight excluding hydrogens is 336 g/mol. The molecule has 0 heterocycles. The first-order valence-corrected chi connectivity index (χ1v) is 6.70. The van der Waals surface area contributed by atoms with Gasteiger partial charge in [-0.2, -0.15) is 0 Å². The number of benzene rings is 2. The van der Waals surface area contributed by atoms with Gasteiger partial charge in [0, 0.05) is 23.8 Å². The van der Waals surface area contributed by atoms with Gasteiger partial charge in [-0.15, -0.1) is 0 Å². The molecular formula is C14H10N4O7. The van der Waals surface area contributed by atoms with Crippen LogP contribution in [0.2, 0.25) is 0 Å². The zero-order chi connectivity index (χ0) is 18.7. The van der Waals surface area contributed by atoms with Crippen molar-refractivity contribution < 1.29 is 19.6 Å². The zero-order valence-electron chi connectivity index (χ0n) is 12.7. The van der Waals surface area contributed by atoms with E-state index in [0.717, 1.165) is 24.3 Å².